The van der Waals surface area contributed by atoms with Crippen LogP contribution < -0.4 is 5.32 Å². The quantitative estimate of drug-likeness (QED) is 0.0162. The van der Waals surface area contributed by atoms with Crippen LogP contribution in [0.25, 0.3) is 0 Å². The second kappa shape index (κ2) is 35.8. The average molecular weight is 668 g/mol. The number of unbranched alkanes of at least 4 members (excludes halogenated alkanes) is 16. The molecule has 232 valence electrons. The molecule has 0 aromatic carbocycles. The molecule has 0 rings (SSSR count). The molecular formula is C28H52N2NiO4S4. The zero-order valence-corrected chi connectivity index (χ0v) is 28.5. The minimum atomic E-state index is -0.0935. The number of methoxy groups -OCH3 is 2. The SMILES string of the molecule is COC(=O)CCCCCCCCCCCN=C([S-])[S-].COC(=O)CCCCCCCCCCCNC(=S)S.[Ni+2]. The number of hydrogen-bond acceptors (Lipinski definition) is 8. The Morgan fingerprint density at radius 3 is 1.33 bits per heavy atom. The molecule has 0 saturated carbocycles. The van der Waals surface area contributed by atoms with Gasteiger partial charge in [0.1, 0.15) is 4.32 Å². The van der Waals surface area contributed by atoms with Crippen LogP contribution in [0.2, 0.25) is 0 Å². The van der Waals surface area contributed by atoms with E-state index in [1.54, 1.807) is 0 Å². The second-order valence-corrected chi connectivity index (χ2v) is 11.6. The van der Waals surface area contributed by atoms with E-state index < -0.39 is 0 Å². The van der Waals surface area contributed by atoms with Crippen LogP contribution in [0.4, 0.5) is 0 Å². The molecule has 0 unspecified atom stereocenters. The molecule has 0 aromatic rings. The Morgan fingerprint density at radius 1 is 0.667 bits per heavy atom. The molecule has 0 spiro atoms. The van der Waals surface area contributed by atoms with Gasteiger partial charge in [-0.15, -0.1) is 12.6 Å². The van der Waals surface area contributed by atoms with E-state index in [2.05, 4.69) is 32.4 Å². The third kappa shape index (κ3) is 42.4. The number of rotatable bonds is 24. The third-order valence-corrected chi connectivity index (χ3v) is 6.63. The number of thiol groups is 1. The second-order valence-electron chi connectivity index (χ2n) is 9.40. The van der Waals surface area contributed by atoms with Crippen molar-refractivity contribution in [1.82, 2.24) is 5.32 Å². The average Bonchev–Trinajstić information content (AvgIpc) is 2.89. The Bertz CT molecular complexity index is 610. The minimum absolute atomic E-state index is 0. The summed E-state index contributed by atoms with van der Waals surface area (Å²) in [6.07, 6.45) is 22.8. The van der Waals surface area contributed by atoms with Crippen LogP contribution in [0.3, 0.4) is 0 Å². The molecular weight excluding hydrogens is 615 g/mol. The molecule has 0 fully saturated rings. The molecule has 0 heterocycles. The summed E-state index contributed by atoms with van der Waals surface area (Å²) in [4.78, 5) is 25.8. The minimum Gasteiger partial charge on any atom is -0.789 e. The summed E-state index contributed by atoms with van der Waals surface area (Å²) in [5.41, 5.74) is 0. The molecule has 11 heteroatoms. The molecule has 0 radical (unpaired) electrons. The van der Waals surface area contributed by atoms with Gasteiger partial charge in [-0.1, -0.05) is 102 Å². The molecule has 6 nitrogen and oxygen atoms in total. The molecule has 0 atom stereocenters. The van der Waals surface area contributed by atoms with Crippen LogP contribution in [-0.2, 0) is 60.8 Å². The number of carbonyl (C=O) groups is 2. The van der Waals surface area contributed by atoms with Crippen LogP contribution in [0.1, 0.15) is 128 Å². The summed E-state index contributed by atoms with van der Waals surface area (Å²) >= 11 is 18.2. The van der Waals surface area contributed by atoms with E-state index in [1.165, 1.54) is 97.7 Å². The number of aliphatic imine (C=N–C) groups is 1. The van der Waals surface area contributed by atoms with E-state index in [0.717, 1.165) is 45.2 Å². The molecule has 0 aliphatic rings. The van der Waals surface area contributed by atoms with E-state index in [4.69, 9.17) is 37.5 Å². The van der Waals surface area contributed by atoms with Crippen molar-refractivity contribution in [3.8, 4) is 0 Å². The number of nitrogens with one attached hydrogen (secondary N) is 1. The Labute approximate surface area is 270 Å². The van der Waals surface area contributed by atoms with E-state index in [-0.39, 0.29) is 28.4 Å². The molecule has 0 aliphatic heterocycles. The molecule has 0 aliphatic carbocycles. The van der Waals surface area contributed by atoms with Gasteiger partial charge in [-0.25, -0.2) is 4.38 Å². The van der Waals surface area contributed by atoms with Gasteiger partial charge in [-0.05, 0) is 25.7 Å². The zero-order chi connectivity index (χ0) is 28.7. The van der Waals surface area contributed by atoms with Crippen LogP contribution >= 0.6 is 24.8 Å². The van der Waals surface area contributed by atoms with Crippen molar-refractivity contribution in [3.05, 3.63) is 0 Å². The summed E-state index contributed by atoms with van der Waals surface area (Å²) < 4.78 is 10.1. The fourth-order valence-electron chi connectivity index (χ4n) is 3.82. The van der Waals surface area contributed by atoms with E-state index in [9.17, 15) is 9.59 Å². The maximum Gasteiger partial charge on any atom is 2.00 e. The van der Waals surface area contributed by atoms with E-state index in [0.29, 0.717) is 21.5 Å². The van der Waals surface area contributed by atoms with Crippen molar-refractivity contribution in [2.45, 2.75) is 128 Å². The molecule has 0 bridgehead atoms. The Balaban J connectivity index is -0.000000648. The first-order valence-corrected chi connectivity index (χ1v) is 16.0. The molecule has 0 saturated heterocycles. The maximum absolute atomic E-state index is 10.9. The summed E-state index contributed by atoms with van der Waals surface area (Å²) in [7, 11) is 2.89. The van der Waals surface area contributed by atoms with Gasteiger partial charge in [0.25, 0.3) is 0 Å². The Kier molecular flexibility index (Phi) is 39.7. The molecule has 0 amide bonds. The fraction of sp³-hybridized carbons (Fsp3) is 0.857. The van der Waals surface area contributed by atoms with Crippen LogP contribution in [0.15, 0.2) is 4.99 Å². The summed E-state index contributed by atoms with van der Waals surface area (Å²) in [5, 5.41) is 3.04. The van der Waals surface area contributed by atoms with Crippen LogP contribution in [0.5, 0.6) is 0 Å². The van der Waals surface area contributed by atoms with Crippen molar-refractivity contribution < 1.29 is 35.6 Å². The first kappa shape index (κ1) is 43.2. The third-order valence-electron chi connectivity index (χ3n) is 6.07. The van der Waals surface area contributed by atoms with Gasteiger partial charge in [0, 0.05) is 25.9 Å². The van der Waals surface area contributed by atoms with Crippen molar-refractivity contribution in [1.29, 1.82) is 0 Å². The maximum atomic E-state index is 10.9. The van der Waals surface area contributed by atoms with Gasteiger partial charge in [0.2, 0.25) is 0 Å². The molecule has 39 heavy (non-hydrogen) atoms. The largest absolute Gasteiger partial charge is 2.00 e. The van der Waals surface area contributed by atoms with Gasteiger partial charge in [-0.3, -0.25) is 9.59 Å². The number of thiocarbonyl (C=S) groups is 1. The smallest absolute Gasteiger partial charge is 0.789 e. The number of nitrogens with zero attached hydrogens (tertiary/aromatic N) is 1. The topological polar surface area (TPSA) is 77.0 Å². The summed E-state index contributed by atoms with van der Waals surface area (Å²) in [6.45, 7) is 1.73. The monoisotopic (exact) mass is 666 g/mol. The van der Waals surface area contributed by atoms with Crippen LogP contribution in [0, 0.1) is 0 Å². The Morgan fingerprint density at radius 2 is 1.00 bits per heavy atom. The van der Waals surface area contributed by atoms with E-state index >= 15 is 0 Å². The zero-order valence-electron chi connectivity index (χ0n) is 24.1. The number of hydrogen-bond donors (Lipinski definition) is 2. The first-order chi connectivity index (χ1) is 18.3. The summed E-state index contributed by atoms with van der Waals surface area (Å²) in [5.74, 6) is -0.182. The standard InChI is InChI=1S/2C14H27NO2S2.Ni/c2*1-17-13(16)11-9-7-5-3-2-4-6-8-10-12-15-14(18)19;/h2*2-12H2,1H3,(H2,15,18,19);/q;;+2/p-2. The van der Waals surface area contributed by atoms with E-state index in [1.807, 2.05) is 0 Å². The van der Waals surface area contributed by atoms with Gasteiger partial charge < -0.3 is 45.0 Å². The number of carbonyl (C=O) groups excluding carboxylic acids is 2. The van der Waals surface area contributed by atoms with Gasteiger partial charge >= 0.3 is 28.4 Å². The van der Waals surface area contributed by atoms with Crippen molar-refractivity contribution in [3.63, 3.8) is 0 Å². The van der Waals surface area contributed by atoms with Crippen molar-refractivity contribution in [2.75, 3.05) is 27.3 Å². The predicted molar refractivity (Wildman–Crippen MR) is 173 cm³/mol. The van der Waals surface area contributed by atoms with Crippen molar-refractivity contribution >= 4 is 70.7 Å². The van der Waals surface area contributed by atoms with Gasteiger partial charge in [0.05, 0.1) is 14.2 Å². The number of ether oxygens (including phenoxy) is 2. The molecule has 1 N–H and O–H groups in total. The van der Waals surface area contributed by atoms with Gasteiger partial charge in [-0.2, -0.15) is 0 Å². The summed E-state index contributed by atoms with van der Waals surface area (Å²) in [6, 6.07) is 0. The van der Waals surface area contributed by atoms with Crippen LogP contribution in [-0.4, -0.2) is 47.9 Å². The Hall–Kier alpha value is -0.216. The van der Waals surface area contributed by atoms with Gasteiger partial charge in [0.15, 0.2) is 0 Å². The molecule has 0 aromatic heterocycles. The normalized spacial score (nSPS) is 9.92. The predicted octanol–water partition coefficient (Wildman–Crippen LogP) is 7.37. The fourth-order valence-corrected chi connectivity index (χ4v) is 4.22. The van der Waals surface area contributed by atoms with Crippen molar-refractivity contribution in [2.24, 2.45) is 4.99 Å². The number of esters is 2. The first-order valence-electron chi connectivity index (χ1n) is 14.3.